The molecule has 22 heavy (non-hydrogen) atoms. The summed E-state index contributed by atoms with van der Waals surface area (Å²) in [7, 11) is 4.10. The Balaban J connectivity index is 2.27. The van der Waals surface area contributed by atoms with E-state index in [0.717, 1.165) is 22.9 Å². The predicted octanol–water partition coefficient (Wildman–Crippen LogP) is 4.67. The Hall–Kier alpha value is -2.35. The van der Waals surface area contributed by atoms with Gasteiger partial charge in [0.15, 0.2) is 5.78 Å². The molecule has 0 saturated heterocycles. The van der Waals surface area contributed by atoms with E-state index in [1.165, 1.54) is 16.7 Å². The fraction of sp³-hybridized carbons (Fsp3) is 0.250. The van der Waals surface area contributed by atoms with Crippen LogP contribution < -0.4 is 0 Å². The topological polar surface area (TPSA) is 20.3 Å². The van der Waals surface area contributed by atoms with E-state index in [9.17, 15) is 4.79 Å². The second kappa shape index (κ2) is 5.80. The number of rotatable bonds is 4. The summed E-state index contributed by atoms with van der Waals surface area (Å²) >= 11 is 0. The third-order valence-corrected chi connectivity index (χ3v) is 4.22. The largest absolute Gasteiger partial charge is 0.377 e. The molecule has 0 bridgehead atoms. The summed E-state index contributed by atoms with van der Waals surface area (Å²) < 4.78 is 0. The number of ketones is 1. The van der Waals surface area contributed by atoms with E-state index in [4.69, 9.17) is 0 Å². The zero-order chi connectivity index (χ0) is 15.7. The highest BCUT2D eigenvalue weighted by Gasteiger charge is 2.19. The number of nitrogens with zero attached hydrogens (tertiary/aromatic N) is 1. The van der Waals surface area contributed by atoms with Crippen molar-refractivity contribution >= 4 is 22.1 Å². The Morgan fingerprint density at radius 2 is 1.82 bits per heavy atom. The zero-order valence-corrected chi connectivity index (χ0v) is 13.4. The van der Waals surface area contributed by atoms with Crippen molar-refractivity contribution in [2.45, 2.75) is 19.8 Å². The fourth-order valence-electron chi connectivity index (χ4n) is 3.07. The van der Waals surface area contributed by atoms with Gasteiger partial charge in [-0.2, -0.15) is 0 Å². The van der Waals surface area contributed by atoms with Crippen LogP contribution in [0.3, 0.4) is 0 Å². The van der Waals surface area contributed by atoms with Gasteiger partial charge >= 0.3 is 0 Å². The molecule has 2 nitrogen and oxygen atoms in total. The summed E-state index contributed by atoms with van der Waals surface area (Å²) in [6.45, 7) is 1.93. The average molecular weight is 291 g/mol. The van der Waals surface area contributed by atoms with Crippen LogP contribution >= 0.6 is 0 Å². The number of hydrogen-bond donors (Lipinski definition) is 0. The van der Waals surface area contributed by atoms with Crippen molar-refractivity contribution in [2.75, 3.05) is 14.1 Å². The van der Waals surface area contributed by atoms with Gasteiger partial charge in [0.1, 0.15) is 0 Å². The average Bonchev–Trinajstić information content (AvgIpc) is 3.02. The highest BCUT2D eigenvalue weighted by atomic mass is 16.1. The fourth-order valence-corrected chi connectivity index (χ4v) is 3.07. The molecule has 0 amide bonds. The molecule has 3 rings (SSSR count). The van der Waals surface area contributed by atoms with Gasteiger partial charge in [-0.15, -0.1) is 0 Å². The minimum absolute atomic E-state index is 0.207. The number of hydrogen-bond acceptors (Lipinski definition) is 2. The van der Waals surface area contributed by atoms with Crippen LogP contribution in [0.1, 0.15) is 35.7 Å². The number of fused-ring (bicyclic) bond motifs is 1. The summed E-state index contributed by atoms with van der Waals surface area (Å²) in [5.41, 5.74) is 4.37. The van der Waals surface area contributed by atoms with Crippen molar-refractivity contribution in [2.24, 2.45) is 0 Å². The first-order valence-corrected chi connectivity index (χ1v) is 7.75. The third kappa shape index (κ3) is 2.45. The molecule has 0 fully saturated rings. The lowest BCUT2D eigenvalue weighted by atomic mass is 9.91. The van der Waals surface area contributed by atoms with Crippen LogP contribution in [0.2, 0.25) is 0 Å². The summed E-state index contributed by atoms with van der Waals surface area (Å²) in [6.07, 6.45) is 5.73. The SMILES string of the molecule is CCC(=O)c1cc2ccccc2cc1C1=C(N(C)C)C=CC1. The highest BCUT2D eigenvalue weighted by Crippen LogP contribution is 2.34. The van der Waals surface area contributed by atoms with E-state index in [1.807, 2.05) is 33.2 Å². The molecule has 2 aromatic carbocycles. The second-order valence-electron chi connectivity index (χ2n) is 5.89. The predicted molar refractivity (Wildman–Crippen MR) is 92.9 cm³/mol. The number of likely N-dealkylation sites (N-methyl/N-ethyl adjacent to an activating group) is 1. The molecular formula is C20H21NO. The standard InChI is InChI=1S/C20H21NO/c1-4-20(22)18-13-15-9-6-5-8-14(15)12-17(18)16-10-7-11-19(16)21(2)3/h5-9,11-13H,4,10H2,1-3H3. The molecule has 0 heterocycles. The zero-order valence-electron chi connectivity index (χ0n) is 13.4. The van der Waals surface area contributed by atoms with Gasteiger partial charge in [0, 0.05) is 31.8 Å². The van der Waals surface area contributed by atoms with Gasteiger partial charge in [-0.1, -0.05) is 37.3 Å². The molecule has 0 atom stereocenters. The van der Waals surface area contributed by atoms with Crippen molar-refractivity contribution < 1.29 is 4.79 Å². The number of benzene rings is 2. The first-order valence-electron chi connectivity index (χ1n) is 7.75. The Bertz CT molecular complexity index is 796. The molecule has 1 aliphatic carbocycles. The molecule has 2 aromatic rings. The summed E-state index contributed by atoms with van der Waals surface area (Å²) in [5.74, 6) is 0.207. The van der Waals surface area contributed by atoms with E-state index in [1.54, 1.807) is 0 Å². The van der Waals surface area contributed by atoms with E-state index < -0.39 is 0 Å². The molecule has 0 saturated carbocycles. The molecule has 0 radical (unpaired) electrons. The minimum Gasteiger partial charge on any atom is -0.377 e. The number of Topliss-reactive ketones (excluding diaryl/α,β-unsaturated/α-hetero) is 1. The first kappa shape index (κ1) is 14.6. The van der Waals surface area contributed by atoms with Gasteiger partial charge in [-0.05, 0) is 46.5 Å². The van der Waals surface area contributed by atoms with Crippen LogP contribution in [0.15, 0.2) is 54.2 Å². The molecule has 112 valence electrons. The Morgan fingerprint density at radius 1 is 1.14 bits per heavy atom. The van der Waals surface area contributed by atoms with Gasteiger partial charge in [0.25, 0.3) is 0 Å². The van der Waals surface area contributed by atoms with Gasteiger partial charge in [-0.25, -0.2) is 0 Å². The van der Waals surface area contributed by atoms with Gasteiger partial charge < -0.3 is 4.90 Å². The maximum atomic E-state index is 12.5. The van der Waals surface area contributed by atoms with E-state index >= 15 is 0 Å². The number of carbonyl (C=O) groups excluding carboxylic acids is 1. The van der Waals surface area contributed by atoms with Gasteiger partial charge in [0.2, 0.25) is 0 Å². The monoisotopic (exact) mass is 291 g/mol. The van der Waals surface area contributed by atoms with Crippen molar-refractivity contribution in [1.82, 2.24) is 4.90 Å². The Kier molecular flexibility index (Phi) is 3.84. The van der Waals surface area contributed by atoms with Crippen molar-refractivity contribution in [3.8, 4) is 0 Å². The highest BCUT2D eigenvalue weighted by molar-refractivity contribution is 6.05. The van der Waals surface area contributed by atoms with Crippen molar-refractivity contribution in [1.29, 1.82) is 0 Å². The normalized spacial score (nSPS) is 14.0. The van der Waals surface area contributed by atoms with Crippen LogP contribution in [-0.4, -0.2) is 24.8 Å². The maximum Gasteiger partial charge on any atom is 0.163 e. The maximum absolute atomic E-state index is 12.5. The van der Waals surface area contributed by atoms with Crippen molar-refractivity contribution in [3.63, 3.8) is 0 Å². The van der Waals surface area contributed by atoms with Crippen LogP contribution in [-0.2, 0) is 0 Å². The molecule has 0 aliphatic heterocycles. The van der Waals surface area contributed by atoms with Crippen molar-refractivity contribution in [3.05, 3.63) is 65.4 Å². The Morgan fingerprint density at radius 3 is 2.45 bits per heavy atom. The van der Waals surface area contributed by atoms with E-state index in [-0.39, 0.29) is 5.78 Å². The summed E-state index contributed by atoms with van der Waals surface area (Å²) in [6, 6.07) is 12.5. The molecule has 0 N–H and O–H groups in total. The van der Waals surface area contributed by atoms with Gasteiger partial charge in [-0.3, -0.25) is 4.79 Å². The van der Waals surface area contributed by atoms with Crippen LogP contribution in [0, 0.1) is 0 Å². The summed E-state index contributed by atoms with van der Waals surface area (Å²) in [5, 5.41) is 2.31. The van der Waals surface area contributed by atoms with E-state index in [0.29, 0.717) is 6.42 Å². The molecular weight excluding hydrogens is 270 g/mol. The number of carbonyl (C=O) groups is 1. The molecule has 2 heteroatoms. The number of allylic oxidation sites excluding steroid dienone is 3. The molecule has 1 aliphatic rings. The second-order valence-corrected chi connectivity index (χ2v) is 5.89. The smallest absolute Gasteiger partial charge is 0.163 e. The Labute approximate surface area is 131 Å². The third-order valence-electron chi connectivity index (χ3n) is 4.22. The molecule has 0 unspecified atom stereocenters. The lowest BCUT2D eigenvalue weighted by Crippen LogP contribution is -2.11. The molecule has 0 aromatic heterocycles. The summed E-state index contributed by atoms with van der Waals surface area (Å²) in [4.78, 5) is 14.6. The van der Waals surface area contributed by atoms with Crippen LogP contribution in [0.5, 0.6) is 0 Å². The van der Waals surface area contributed by atoms with Gasteiger partial charge in [0.05, 0.1) is 0 Å². The lowest BCUT2D eigenvalue weighted by Gasteiger charge is -2.18. The first-order chi connectivity index (χ1) is 10.6. The van der Waals surface area contributed by atoms with E-state index in [2.05, 4.69) is 41.3 Å². The van der Waals surface area contributed by atoms with Crippen LogP contribution in [0.4, 0.5) is 0 Å². The van der Waals surface area contributed by atoms with Crippen LogP contribution in [0.25, 0.3) is 16.3 Å². The molecule has 0 spiro atoms. The minimum atomic E-state index is 0.207. The quantitative estimate of drug-likeness (QED) is 0.763. The lowest BCUT2D eigenvalue weighted by molar-refractivity contribution is 0.0988.